The van der Waals surface area contributed by atoms with Crippen LogP contribution in [0, 0.1) is 5.82 Å². The van der Waals surface area contributed by atoms with Crippen LogP contribution in [0.15, 0.2) is 30.6 Å². The highest BCUT2D eigenvalue weighted by Gasteiger charge is 2.37. The zero-order valence-electron chi connectivity index (χ0n) is 17.4. The van der Waals surface area contributed by atoms with Gasteiger partial charge in [0.1, 0.15) is 22.7 Å². The third-order valence-electron chi connectivity index (χ3n) is 5.84. The monoisotopic (exact) mass is 437 g/mol. The van der Waals surface area contributed by atoms with Crippen molar-refractivity contribution in [2.75, 3.05) is 13.1 Å². The summed E-state index contributed by atoms with van der Waals surface area (Å²) < 4.78 is 15.2. The first-order chi connectivity index (χ1) is 15.2. The Morgan fingerprint density at radius 1 is 1.34 bits per heavy atom. The van der Waals surface area contributed by atoms with Crippen molar-refractivity contribution < 1.29 is 19.1 Å². The number of amides is 2. The van der Waals surface area contributed by atoms with Crippen molar-refractivity contribution in [3.63, 3.8) is 0 Å². The quantitative estimate of drug-likeness (QED) is 0.452. The summed E-state index contributed by atoms with van der Waals surface area (Å²) in [5.74, 6) is -0.731. The summed E-state index contributed by atoms with van der Waals surface area (Å²) in [6.45, 7) is 2.39. The standard InChI is InChI=1S/C21H20FN7O3/c1-21(5-6-29(10-21)20(31)32)26-19(30)13-8-23-18-17(13)25-14(9-24-18)16-12-4-3-11(22)7-15(12)28(2)27-16/h3-4,7-9H,5-6,10H2,1-2H3,(H,23,24)(H,26,30)(H,31,32). The van der Waals surface area contributed by atoms with E-state index in [1.165, 1.54) is 23.2 Å². The van der Waals surface area contributed by atoms with Crippen LogP contribution >= 0.6 is 0 Å². The first-order valence-corrected chi connectivity index (χ1v) is 10.0. The second-order valence-electron chi connectivity index (χ2n) is 8.26. The SMILES string of the molecule is Cn1nc(-c2cnc3[nH]cc(C(=O)NC4(C)CCN(C(=O)O)C4)c3n2)c2ccc(F)cc21. The predicted octanol–water partition coefficient (Wildman–Crippen LogP) is 2.52. The normalized spacial score (nSPS) is 18.5. The maximum Gasteiger partial charge on any atom is 0.407 e. The molecule has 3 aromatic heterocycles. The Morgan fingerprint density at radius 3 is 2.91 bits per heavy atom. The van der Waals surface area contributed by atoms with Crippen LogP contribution in [0.5, 0.6) is 0 Å². The Balaban J connectivity index is 1.50. The highest BCUT2D eigenvalue weighted by atomic mass is 19.1. The number of aromatic amines is 1. The summed E-state index contributed by atoms with van der Waals surface area (Å²) in [4.78, 5) is 37.5. The maximum absolute atomic E-state index is 13.7. The minimum Gasteiger partial charge on any atom is -0.465 e. The molecule has 1 aliphatic heterocycles. The molecule has 5 rings (SSSR count). The van der Waals surface area contributed by atoms with Gasteiger partial charge in [-0.05, 0) is 31.5 Å². The third-order valence-corrected chi connectivity index (χ3v) is 5.84. The Morgan fingerprint density at radius 2 is 2.16 bits per heavy atom. The zero-order valence-corrected chi connectivity index (χ0v) is 17.4. The molecule has 3 N–H and O–H groups in total. The number of rotatable bonds is 3. The van der Waals surface area contributed by atoms with Crippen LogP contribution < -0.4 is 5.32 Å². The van der Waals surface area contributed by atoms with E-state index in [0.29, 0.717) is 46.6 Å². The van der Waals surface area contributed by atoms with E-state index in [1.807, 2.05) is 6.92 Å². The minimum absolute atomic E-state index is 0.212. The number of carbonyl (C=O) groups excluding carboxylic acids is 1. The summed E-state index contributed by atoms with van der Waals surface area (Å²) in [5, 5.41) is 17.3. The molecule has 1 aliphatic rings. The second-order valence-corrected chi connectivity index (χ2v) is 8.26. The van der Waals surface area contributed by atoms with Crippen molar-refractivity contribution in [3.8, 4) is 11.4 Å². The van der Waals surface area contributed by atoms with Gasteiger partial charge >= 0.3 is 6.09 Å². The summed E-state index contributed by atoms with van der Waals surface area (Å²) >= 11 is 0. The van der Waals surface area contributed by atoms with Crippen molar-refractivity contribution in [1.29, 1.82) is 0 Å². The number of nitrogens with zero attached hydrogens (tertiary/aromatic N) is 5. The van der Waals surface area contributed by atoms with Crippen molar-refractivity contribution in [2.45, 2.75) is 18.9 Å². The van der Waals surface area contributed by atoms with Gasteiger partial charge in [0.15, 0.2) is 5.65 Å². The number of fused-ring (bicyclic) bond motifs is 2. The number of carbonyl (C=O) groups is 2. The first kappa shape index (κ1) is 19.9. The Hall–Kier alpha value is -4.02. The van der Waals surface area contributed by atoms with Gasteiger partial charge < -0.3 is 20.3 Å². The van der Waals surface area contributed by atoms with E-state index in [2.05, 4.69) is 25.4 Å². The van der Waals surface area contributed by atoms with Crippen molar-refractivity contribution >= 4 is 34.1 Å². The molecule has 1 unspecified atom stereocenters. The number of carboxylic acid groups (broad SMARTS) is 1. The van der Waals surface area contributed by atoms with Crippen LogP contribution in [0.2, 0.25) is 0 Å². The maximum atomic E-state index is 13.7. The lowest BCUT2D eigenvalue weighted by Gasteiger charge is -2.25. The van der Waals surface area contributed by atoms with Gasteiger partial charge in [-0.15, -0.1) is 0 Å². The van der Waals surface area contributed by atoms with E-state index < -0.39 is 11.6 Å². The van der Waals surface area contributed by atoms with Gasteiger partial charge in [-0.25, -0.2) is 19.2 Å². The average Bonchev–Trinajstić information content (AvgIpc) is 3.43. The molecule has 1 atom stereocenters. The van der Waals surface area contributed by atoms with Crippen LogP contribution in [0.4, 0.5) is 9.18 Å². The highest BCUT2D eigenvalue weighted by molar-refractivity contribution is 6.05. The molecule has 0 aliphatic carbocycles. The van der Waals surface area contributed by atoms with Crippen molar-refractivity contribution in [3.05, 3.63) is 42.0 Å². The lowest BCUT2D eigenvalue weighted by atomic mass is 10.0. The first-order valence-electron chi connectivity index (χ1n) is 10.0. The smallest absolute Gasteiger partial charge is 0.407 e. The van der Waals surface area contributed by atoms with Gasteiger partial charge in [0.2, 0.25) is 0 Å². The molecule has 0 radical (unpaired) electrons. The minimum atomic E-state index is -1.01. The van der Waals surface area contributed by atoms with Gasteiger partial charge in [0.05, 0.1) is 22.8 Å². The van der Waals surface area contributed by atoms with Crippen molar-refractivity contribution in [2.24, 2.45) is 7.05 Å². The number of aryl methyl sites for hydroxylation is 1. The molecule has 0 bridgehead atoms. The Kier molecular flexibility index (Phi) is 4.36. The third kappa shape index (κ3) is 3.22. The van der Waals surface area contributed by atoms with Crippen LogP contribution in [-0.2, 0) is 7.05 Å². The van der Waals surface area contributed by atoms with E-state index in [0.717, 1.165) is 5.39 Å². The van der Waals surface area contributed by atoms with E-state index in [-0.39, 0.29) is 18.3 Å². The summed E-state index contributed by atoms with van der Waals surface area (Å²) in [5.41, 5.74) is 2.04. The van der Waals surface area contributed by atoms with E-state index in [9.17, 15) is 19.1 Å². The molecular weight excluding hydrogens is 417 g/mol. The Bertz CT molecular complexity index is 1400. The fourth-order valence-electron chi connectivity index (χ4n) is 4.17. The number of aromatic nitrogens is 5. The summed E-state index contributed by atoms with van der Waals surface area (Å²) in [6.07, 6.45) is 2.59. The molecule has 0 spiro atoms. The van der Waals surface area contributed by atoms with Gasteiger partial charge in [-0.1, -0.05) is 0 Å². The van der Waals surface area contributed by atoms with Gasteiger partial charge in [-0.2, -0.15) is 5.10 Å². The zero-order chi connectivity index (χ0) is 22.6. The van der Waals surface area contributed by atoms with Crippen molar-refractivity contribution in [1.82, 2.24) is 34.9 Å². The van der Waals surface area contributed by atoms with E-state index in [1.54, 1.807) is 24.0 Å². The molecular formula is C21H20FN7O3. The number of hydrogen-bond donors (Lipinski definition) is 3. The highest BCUT2D eigenvalue weighted by Crippen LogP contribution is 2.28. The molecule has 32 heavy (non-hydrogen) atoms. The molecule has 2 amide bonds. The molecule has 1 aromatic carbocycles. The Labute approximate surface area is 181 Å². The second kappa shape index (κ2) is 7.01. The lowest BCUT2D eigenvalue weighted by Crippen LogP contribution is -2.48. The fourth-order valence-corrected chi connectivity index (χ4v) is 4.17. The van der Waals surface area contributed by atoms with Gasteiger partial charge in [0, 0.05) is 31.7 Å². The number of hydrogen-bond acceptors (Lipinski definition) is 5. The average molecular weight is 437 g/mol. The number of likely N-dealkylation sites (tertiary alicyclic amines) is 1. The lowest BCUT2D eigenvalue weighted by molar-refractivity contribution is 0.0906. The molecule has 4 heterocycles. The molecule has 1 saturated heterocycles. The topological polar surface area (TPSA) is 129 Å². The fraction of sp³-hybridized carbons (Fsp3) is 0.286. The largest absolute Gasteiger partial charge is 0.465 e. The number of H-pyrrole nitrogens is 1. The predicted molar refractivity (Wildman–Crippen MR) is 114 cm³/mol. The molecule has 4 aromatic rings. The number of nitrogens with one attached hydrogen (secondary N) is 2. The van der Waals surface area contributed by atoms with Crippen LogP contribution in [0.3, 0.4) is 0 Å². The van der Waals surface area contributed by atoms with Crippen LogP contribution in [-0.4, -0.2) is 65.4 Å². The van der Waals surface area contributed by atoms with E-state index >= 15 is 0 Å². The molecule has 0 saturated carbocycles. The van der Waals surface area contributed by atoms with Gasteiger partial charge in [0.25, 0.3) is 5.91 Å². The number of halogens is 1. The molecule has 11 heteroatoms. The van der Waals surface area contributed by atoms with E-state index in [4.69, 9.17) is 0 Å². The molecule has 10 nitrogen and oxygen atoms in total. The number of benzene rings is 1. The van der Waals surface area contributed by atoms with Gasteiger partial charge in [-0.3, -0.25) is 9.48 Å². The summed E-state index contributed by atoms with van der Waals surface area (Å²) in [7, 11) is 1.72. The van der Waals surface area contributed by atoms with Crippen LogP contribution in [0.1, 0.15) is 23.7 Å². The molecule has 164 valence electrons. The summed E-state index contributed by atoms with van der Waals surface area (Å²) in [6, 6.07) is 4.39. The van der Waals surface area contributed by atoms with Crippen LogP contribution in [0.25, 0.3) is 33.5 Å². The molecule has 1 fully saturated rings.